The first-order valence-electron chi connectivity index (χ1n) is 6.22. The minimum absolute atomic E-state index is 0.302. The minimum atomic E-state index is -1.30. The summed E-state index contributed by atoms with van der Waals surface area (Å²) in [6, 6.07) is 11.7. The third-order valence-corrected chi connectivity index (χ3v) is 4.44. The van der Waals surface area contributed by atoms with Gasteiger partial charge < -0.3 is 16.2 Å². The summed E-state index contributed by atoms with van der Waals surface area (Å²) in [4.78, 5) is 11.5. The van der Waals surface area contributed by atoms with Crippen LogP contribution in [-0.2, 0) is 16.6 Å². The fraction of sp³-hybridized carbons (Fsp3) is 0.133. The Balaban J connectivity index is 2.19. The molecule has 0 heterocycles. The molecule has 0 saturated heterocycles. The highest BCUT2D eigenvalue weighted by atomic mass is 32.2. The number of hydrogen-bond donors (Lipinski definition) is 2. The summed E-state index contributed by atoms with van der Waals surface area (Å²) in [6.45, 7) is 0. The predicted molar refractivity (Wildman–Crippen MR) is 82.5 cm³/mol. The molecule has 2 rings (SSSR count). The quantitative estimate of drug-likeness (QED) is 0.822. The molecule has 0 radical (unpaired) electrons. The highest BCUT2D eigenvalue weighted by molar-refractivity contribution is 7.84. The zero-order chi connectivity index (χ0) is 15.4. The van der Waals surface area contributed by atoms with Gasteiger partial charge in [-0.2, -0.15) is 0 Å². The summed E-state index contributed by atoms with van der Waals surface area (Å²) >= 11 is 0. The predicted octanol–water partition coefficient (Wildman–Crippen LogP) is 1.68. The molecule has 6 heteroatoms. The van der Waals surface area contributed by atoms with Crippen LogP contribution in [0, 0.1) is 0 Å². The molecule has 21 heavy (non-hydrogen) atoms. The van der Waals surface area contributed by atoms with Gasteiger partial charge in [0.2, 0.25) is 5.91 Å². The number of hydrogen-bond acceptors (Lipinski definition) is 4. The van der Waals surface area contributed by atoms with Gasteiger partial charge in [-0.25, -0.2) is 0 Å². The zero-order valence-corrected chi connectivity index (χ0v) is 12.4. The Kier molecular flexibility index (Phi) is 4.59. The first kappa shape index (κ1) is 15.1. The second kappa shape index (κ2) is 6.41. The number of rotatable bonds is 5. The molecule has 4 N–H and O–H groups in total. The molecule has 0 bridgehead atoms. The van der Waals surface area contributed by atoms with Crippen LogP contribution in [0.3, 0.4) is 0 Å². The summed E-state index contributed by atoms with van der Waals surface area (Å²) < 4.78 is 17.5. The molecule has 0 spiro atoms. The smallest absolute Gasteiger partial charge is 0.248 e. The van der Waals surface area contributed by atoms with Crippen molar-refractivity contribution in [1.82, 2.24) is 0 Å². The van der Waals surface area contributed by atoms with E-state index < -0.39 is 16.7 Å². The third kappa shape index (κ3) is 3.61. The number of nitrogens with two attached hydrogens (primary N) is 2. The number of benzene rings is 2. The Bertz CT molecular complexity index is 684. The fourth-order valence-electron chi connectivity index (χ4n) is 1.83. The summed E-state index contributed by atoms with van der Waals surface area (Å²) in [7, 11) is 0.246. The molecule has 110 valence electrons. The van der Waals surface area contributed by atoms with E-state index in [9.17, 15) is 9.00 Å². The molecule has 5 nitrogen and oxygen atoms in total. The SMILES string of the molecule is COc1ccc(N)c(S(=O)Cc2ccc(C(N)=O)cc2)c1. The van der Waals surface area contributed by atoms with Crippen LogP contribution >= 0.6 is 0 Å². The van der Waals surface area contributed by atoms with E-state index in [0.29, 0.717) is 27.6 Å². The van der Waals surface area contributed by atoms with Crippen molar-refractivity contribution < 1.29 is 13.7 Å². The molecular weight excluding hydrogens is 288 g/mol. The standard InChI is InChI=1S/C15H16N2O3S/c1-20-12-6-7-13(16)14(8-12)21(19)9-10-2-4-11(5-3-10)15(17)18/h2-8H,9,16H2,1H3,(H2,17,18). The molecule has 1 unspecified atom stereocenters. The van der Waals surface area contributed by atoms with Crippen molar-refractivity contribution in [3.8, 4) is 5.75 Å². The second-order valence-electron chi connectivity index (χ2n) is 4.45. The molecule has 0 fully saturated rings. The Morgan fingerprint density at radius 1 is 1.19 bits per heavy atom. The number of anilines is 1. The van der Waals surface area contributed by atoms with Crippen LogP contribution in [0.2, 0.25) is 0 Å². The van der Waals surface area contributed by atoms with Gasteiger partial charge in [0.1, 0.15) is 5.75 Å². The maximum absolute atomic E-state index is 12.4. The van der Waals surface area contributed by atoms with E-state index in [0.717, 1.165) is 5.56 Å². The minimum Gasteiger partial charge on any atom is -0.497 e. The highest BCUT2D eigenvalue weighted by Gasteiger charge is 2.11. The molecular formula is C15H16N2O3S. The van der Waals surface area contributed by atoms with Crippen LogP contribution < -0.4 is 16.2 Å². The lowest BCUT2D eigenvalue weighted by Gasteiger charge is -2.08. The number of carbonyl (C=O) groups is 1. The number of methoxy groups -OCH3 is 1. The van der Waals surface area contributed by atoms with Crippen LogP contribution in [0.5, 0.6) is 5.75 Å². The first-order chi connectivity index (χ1) is 10.0. The average Bonchev–Trinajstić information content (AvgIpc) is 2.48. The largest absolute Gasteiger partial charge is 0.497 e. The number of nitrogen functional groups attached to an aromatic ring is 1. The lowest BCUT2D eigenvalue weighted by atomic mass is 10.1. The summed E-state index contributed by atoms with van der Waals surface area (Å²) in [5.74, 6) is 0.424. The molecule has 0 aliphatic heterocycles. The summed E-state index contributed by atoms with van der Waals surface area (Å²) in [5.41, 5.74) is 12.7. The van der Waals surface area contributed by atoms with Crippen molar-refractivity contribution in [3.05, 3.63) is 53.6 Å². The van der Waals surface area contributed by atoms with Crippen molar-refractivity contribution in [2.75, 3.05) is 12.8 Å². The van der Waals surface area contributed by atoms with Crippen molar-refractivity contribution in [1.29, 1.82) is 0 Å². The number of amides is 1. The molecule has 0 saturated carbocycles. The lowest BCUT2D eigenvalue weighted by molar-refractivity contribution is 0.100. The van der Waals surface area contributed by atoms with Gasteiger partial charge in [-0.05, 0) is 35.9 Å². The van der Waals surface area contributed by atoms with Gasteiger partial charge in [0.25, 0.3) is 0 Å². The normalized spacial score (nSPS) is 11.9. The molecule has 1 amide bonds. The van der Waals surface area contributed by atoms with E-state index in [1.165, 1.54) is 0 Å². The summed E-state index contributed by atoms with van der Waals surface area (Å²) in [6.07, 6.45) is 0. The van der Waals surface area contributed by atoms with Gasteiger partial charge in [-0.15, -0.1) is 0 Å². The van der Waals surface area contributed by atoms with E-state index in [2.05, 4.69) is 0 Å². The topological polar surface area (TPSA) is 95.4 Å². The Morgan fingerprint density at radius 3 is 2.43 bits per heavy atom. The molecule has 0 aliphatic carbocycles. The van der Waals surface area contributed by atoms with Gasteiger partial charge in [-0.3, -0.25) is 9.00 Å². The number of primary amides is 1. The van der Waals surface area contributed by atoms with Crippen molar-refractivity contribution in [2.45, 2.75) is 10.6 Å². The van der Waals surface area contributed by atoms with Crippen LogP contribution in [0.25, 0.3) is 0 Å². The highest BCUT2D eigenvalue weighted by Crippen LogP contribution is 2.24. The Morgan fingerprint density at radius 2 is 1.86 bits per heavy atom. The maximum atomic E-state index is 12.4. The van der Waals surface area contributed by atoms with Gasteiger partial charge in [0.05, 0.1) is 28.6 Å². The van der Waals surface area contributed by atoms with Crippen molar-refractivity contribution in [2.24, 2.45) is 5.73 Å². The monoisotopic (exact) mass is 304 g/mol. The van der Waals surface area contributed by atoms with E-state index >= 15 is 0 Å². The average molecular weight is 304 g/mol. The first-order valence-corrected chi connectivity index (χ1v) is 7.54. The summed E-state index contributed by atoms with van der Waals surface area (Å²) in [5, 5.41) is 0. The van der Waals surface area contributed by atoms with E-state index in [-0.39, 0.29) is 0 Å². The third-order valence-electron chi connectivity index (χ3n) is 3.00. The van der Waals surface area contributed by atoms with E-state index in [1.807, 2.05) is 0 Å². The van der Waals surface area contributed by atoms with Crippen LogP contribution in [0.1, 0.15) is 15.9 Å². The van der Waals surface area contributed by atoms with Gasteiger partial charge in [0, 0.05) is 11.3 Å². The number of ether oxygens (including phenoxy) is 1. The number of carbonyl (C=O) groups excluding carboxylic acids is 1. The Hall–Kier alpha value is -2.34. The van der Waals surface area contributed by atoms with Crippen LogP contribution in [-0.4, -0.2) is 17.2 Å². The second-order valence-corrected chi connectivity index (χ2v) is 5.87. The van der Waals surface area contributed by atoms with Crippen molar-refractivity contribution >= 4 is 22.4 Å². The van der Waals surface area contributed by atoms with Crippen LogP contribution in [0.4, 0.5) is 5.69 Å². The molecule has 2 aromatic carbocycles. The maximum Gasteiger partial charge on any atom is 0.248 e. The van der Waals surface area contributed by atoms with Gasteiger partial charge in [0.15, 0.2) is 0 Å². The van der Waals surface area contributed by atoms with Gasteiger partial charge in [-0.1, -0.05) is 12.1 Å². The van der Waals surface area contributed by atoms with Crippen LogP contribution in [0.15, 0.2) is 47.4 Å². The molecule has 1 atom stereocenters. The molecule has 2 aromatic rings. The Labute approximate surface area is 125 Å². The van der Waals surface area contributed by atoms with E-state index in [4.69, 9.17) is 16.2 Å². The zero-order valence-electron chi connectivity index (χ0n) is 11.5. The molecule has 0 aromatic heterocycles. The van der Waals surface area contributed by atoms with E-state index in [1.54, 1.807) is 49.6 Å². The molecule has 0 aliphatic rings. The van der Waals surface area contributed by atoms with Crippen molar-refractivity contribution in [3.63, 3.8) is 0 Å². The van der Waals surface area contributed by atoms with Gasteiger partial charge >= 0.3 is 0 Å². The fourth-order valence-corrected chi connectivity index (χ4v) is 3.06. The lowest BCUT2D eigenvalue weighted by Crippen LogP contribution is -2.10.